The Balaban J connectivity index is 2.57. The summed E-state index contributed by atoms with van der Waals surface area (Å²) in [6.45, 7) is 0.672. The topological polar surface area (TPSA) is 104 Å². The number of piperidine rings is 1. The molecule has 7 heteroatoms. The van der Waals surface area contributed by atoms with Gasteiger partial charge in [-0.15, -0.1) is 0 Å². The van der Waals surface area contributed by atoms with E-state index in [1.165, 1.54) is 4.31 Å². The molecule has 0 spiro atoms. The minimum Gasteiger partial charge on any atom is -0.381 e. The standard InChI is InChI=1S/C8H15N3O3S/c1-15(13,14)11-4-2-6(3-5-11)7(12)8(9)10/h6H,2-5H2,1H3,(H3,9,10). The molecular weight excluding hydrogens is 218 g/mol. The second kappa shape index (κ2) is 4.28. The number of hydrogen-bond acceptors (Lipinski definition) is 4. The third kappa shape index (κ3) is 3.00. The second-order valence-corrected chi connectivity index (χ2v) is 5.70. The number of rotatable bonds is 3. The Kier molecular flexibility index (Phi) is 3.46. The highest BCUT2D eigenvalue weighted by molar-refractivity contribution is 7.88. The molecule has 1 heterocycles. The molecule has 0 aromatic heterocycles. The van der Waals surface area contributed by atoms with Gasteiger partial charge in [0.1, 0.15) is 0 Å². The average molecular weight is 233 g/mol. The van der Waals surface area contributed by atoms with Crippen molar-refractivity contribution in [1.82, 2.24) is 4.31 Å². The lowest BCUT2D eigenvalue weighted by Crippen LogP contribution is -2.42. The smallest absolute Gasteiger partial charge is 0.211 e. The molecule has 0 bridgehead atoms. The summed E-state index contributed by atoms with van der Waals surface area (Å²) in [5.74, 6) is -1.10. The van der Waals surface area contributed by atoms with Gasteiger partial charge in [-0.25, -0.2) is 12.7 Å². The summed E-state index contributed by atoms with van der Waals surface area (Å²) in [7, 11) is -3.16. The fourth-order valence-electron chi connectivity index (χ4n) is 1.67. The maximum atomic E-state index is 11.3. The molecule has 0 amide bonds. The summed E-state index contributed by atoms with van der Waals surface area (Å²) in [5.41, 5.74) is 5.09. The lowest BCUT2D eigenvalue weighted by Gasteiger charge is -2.28. The quantitative estimate of drug-likeness (QED) is 0.490. The maximum absolute atomic E-state index is 11.3. The molecule has 6 nitrogen and oxygen atoms in total. The van der Waals surface area contributed by atoms with Crippen molar-refractivity contribution < 1.29 is 13.2 Å². The first kappa shape index (κ1) is 12.1. The molecular formula is C8H15N3O3S. The molecule has 3 N–H and O–H groups in total. The van der Waals surface area contributed by atoms with Gasteiger partial charge in [0, 0.05) is 19.0 Å². The van der Waals surface area contributed by atoms with E-state index in [9.17, 15) is 13.2 Å². The number of sulfonamides is 1. The number of nitrogens with one attached hydrogen (secondary N) is 1. The van der Waals surface area contributed by atoms with E-state index in [1.807, 2.05) is 0 Å². The Morgan fingerprint density at radius 2 is 1.87 bits per heavy atom. The summed E-state index contributed by atoms with van der Waals surface area (Å²) in [6, 6.07) is 0. The van der Waals surface area contributed by atoms with E-state index in [-0.39, 0.29) is 11.7 Å². The third-order valence-corrected chi connectivity index (χ3v) is 3.86. The molecule has 1 fully saturated rings. The van der Waals surface area contributed by atoms with Crippen LogP contribution < -0.4 is 5.73 Å². The van der Waals surface area contributed by atoms with Crippen molar-refractivity contribution in [3.63, 3.8) is 0 Å². The average Bonchev–Trinajstić information content (AvgIpc) is 2.15. The molecule has 1 saturated heterocycles. The van der Waals surface area contributed by atoms with Crippen LogP contribution in [-0.2, 0) is 14.8 Å². The molecule has 0 unspecified atom stereocenters. The Morgan fingerprint density at radius 1 is 1.40 bits per heavy atom. The lowest BCUT2D eigenvalue weighted by molar-refractivity contribution is -0.117. The first-order valence-electron chi connectivity index (χ1n) is 4.65. The van der Waals surface area contributed by atoms with Gasteiger partial charge in [0.15, 0.2) is 11.6 Å². The highest BCUT2D eigenvalue weighted by atomic mass is 32.2. The Hall–Kier alpha value is -0.950. The summed E-state index contributed by atoms with van der Waals surface area (Å²) in [5, 5.41) is 7.01. The number of carbonyl (C=O) groups is 1. The van der Waals surface area contributed by atoms with E-state index >= 15 is 0 Å². The third-order valence-electron chi connectivity index (χ3n) is 2.56. The first-order valence-corrected chi connectivity index (χ1v) is 6.50. The zero-order chi connectivity index (χ0) is 11.6. The van der Waals surface area contributed by atoms with Crippen molar-refractivity contribution >= 4 is 21.6 Å². The van der Waals surface area contributed by atoms with Gasteiger partial charge >= 0.3 is 0 Å². The largest absolute Gasteiger partial charge is 0.381 e. The molecule has 86 valence electrons. The van der Waals surface area contributed by atoms with Gasteiger partial charge in [0.2, 0.25) is 10.0 Å². The fraction of sp³-hybridized carbons (Fsp3) is 0.750. The number of carbonyl (C=O) groups excluding carboxylic acids is 1. The highest BCUT2D eigenvalue weighted by Gasteiger charge is 2.29. The monoisotopic (exact) mass is 233 g/mol. The summed E-state index contributed by atoms with van der Waals surface area (Å²) in [6.07, 6.45) is 2.05. The Labute approximate surface area is 89.0 Å². The van der Waals surface area contributed by atoms with Crippen LogP contribution in [0.4, 0.5) is 0 Å². The molecule has 1 aliphatic heterocycles. The fourth-order valence-corrected chi connectivity index (χ4v) is 2.54. The molecule has 0 aromatic rings. The first-order chi connectivity index (χ1) is 6.82. The highest BCUT2D eigenvalue weighted by Crippen LogP contribution is 2.19. The van der Waals surface area contributed by atoms with E-state index in [2.05, 4.69) is 0 Å². The van der Waals surface area contributed by atoms with E-state index in [1.54, 1.807) is 0 Å². The zero-order valence-corrected chi connectivity index (χ0v) is 9.38. The number of nitrogens with zero attached hydrogens (tertiary/aromatic N) is 1. The molecule has 0 atom stereocenters. The number of hydrogen-bond donors (Lipinski definition) is 2. The van der Waals surface area contributed by atoms with E-state index in [4.69, 9.17) is 11.1 Å². The van der Waals surface area contributed by atoms with Crippen LogP contribution in [0.15, 0.2) is 0 Å². The van der Waals surface area contributed by atoms with Crippen LogP contribution in [0.5, 0.6) is 0 Å². The maximum Gasteiger partial charge on any atom is 0.211 e. The number of amidine groups is 1. The number of Topliss-reactive ketones (excluding diaryl/α,β-unsaturated/α-hetero) is 1. The van der Waals surface area contributed by atoms with Crippen LogP contribution in [0.1, 0.15) is 12.8 Å². The molecule has 0 aromatic carbocycles. The van der Waals surface area contributed by atoms with Crippen LogP contribution in [0.3, 0.4) is 0 Å². The summed E-state index contributed by atoms with van der Waals surface area (Å²) in [4.78, 5) is 11.3. The molecule has 1 rings (SSSR count). The Bertz CT molecular complexity index is 369. The zero-order valence-electron chi connectivity index (χ0n) is 8.56. The van der Waals surface area contributed by atoms with Gasteiger partial charge in [0.25, 0.3) is 0 Å². The molecule has 0 saturated carbocycles. The van der Waals surface area contributed by atoms with Crippen LogP contribution in [0.2, 0.25) is 0 Å². The molecule has 0 radical (unpaired) electrons. The van der Waals surface area contributed by atoms with Crippen LogP contribution >= 0.6 is 0 Å². The van der Waals surface area contributed by atoms with Crippen LogP contribution in [0.25, 0.3) is 0 Å². The molecule has 0 aliphatic carbocycles. The van der Waals surface area contributed by atoms with Crippen molar-refractivity contribution in [2.45, 2.75) is 12.8 Å². The van der Waals surface area contributed by atoms with Gasteiger partial charge in [-0.3, -0.25) is 10.2 Å². The van der Waals surface area contributed by atoms with Crippen molar-refractivity contribution in [3.05, 3.63) is 0 Å². The predicted molar refractivity (Wildman–Crippen MR) is 56.1 cm³/mol. The SMILES string of the molecule is CS(=O)(=O)N1CCC(C(=O)C(=N)N)CC1. The van der Waals surface area contributed by atoms with Gasteiger partial charge < -0.3 is 5.73 Å². The number of nitrogens with two attached hydrogens (primary N) is 1. The van der Waals surface area contributed by atoms with Gasteiger partial charge in [-0.2, -0.15) is 0 Å². The van der Waals surface area contributed by atoms with E-state index < -0.39 is 15.9 Å². The van der Waals surface area contributed by atoms with Crippen molar-refractivity contribution in [3.8, 4) is 0 Å². The van der Waals surface area contributed by atoms with Crippen LogP contribution in [0, 0.1) is 11.3 Å². The second-order valence-electron chi connectivity index (χ2n) is 3.71. The normalized spacial score (nSPS) is 20.1. The predicted octanol–water partition coefficient (Wildman–Crippen LogP) is -0.837. The minimum absolute atomic E-state index is 0.291. The Morgan fingerprint density at radius 3 is 2.20 bits per heavy atom. The molecule has 15 heavy (non-hydrogen) atoms. The van der Waals surface area contributed by atoms with Crippen molar-refractivity contribution in [1.29, 1.82) is 5.41 Å². The van der Waals surface area contributed by atoms with Crippen molar-refractivity contribution in [2.24, 2.45) is 11.7 Å². The van der Waals surface area contributed by atoms with Gasteiger partial charge in [-0.05, 0) is 12.8 Å². The van der Waals surface area contributed by atoms with Crippen molar-refractivity contribution in [2.75, 3.05) is 19.3 Å². The summed E-state index contributed by atoms with van der Waals surface area (Å²) >= 11 is 0. The van der Waals surface area contributed by atoms with E-state index in [0.717, 1.165) is 6.26 Å². The molecule has 1 aliphatic rings. The number of ketones is 1. The van der Waals surface area contributed by atoms with E-state index in [0.29, 0.717) is 25.9 Å². The van der Waals surface area contributed by atoms with Gasteiger partial charge in [-0.1, -0.05) is 0 Å². The summed E-state index contributed by atoms with van der Waals surface area (Å²) < 4.78 is 23.7. The van der Waals surface area contributed by atoms with Crippen LogP contribution in [-0.4, -0.2) is 43.7 Å². The lowest BCUT2D eigenvalue weighted by atomic mass is 9.93. The minimum atomic E-state index is -3.16. The van der Waals surface area contributed by atoms with Gasteiger partial charge in [0.05, 0.1) is 6.26 Å².